The van der Waals surface area contributed by atoms with Gasteiger partial charge in [-0.1, -0.05) is 17.3 Å². The van der Waals surface area contributed by atoms with Crippen molar-refractivity contribution in [1.29, 1.82) is 0 Å². The fourth-order valence-corrected chi connectivity index (χ4v) is 3.31. The summed E-state index contributed by atoms with van der Waals surface area (Å²) in [4.78, 5) is 6.77. The van der Waals surface area contributed by atoms with Gasteiger partial charge in [-0.2, -0.15) is 16.7 Å². The Kier molecular flexibility index (Phi) is 4.26. The molecule has 1 fully saturated rings. The van der Waals surface area contributed by atoms with E-state index in [-0.39, 0.29) is 11.9 Å². The fourth-order valence-electron chi connectivity index (χ4n) is 2.38. The van der Waals surface area contributed by atoms with Crippen LogP contribution in [0.3, 0.4) is 0 Å². The minimum Gasteiger partial charge on any atom is -0.337 e. The summed E-state index contributed by atoms with van der Waals surface area (Å²) in [6.07, 6.45) is 0. The van der Waals surface area contributed by atoms with Crippen LogP contribution in [0.15, 0.2) is 22.7 Å². The predicted molar refractivity (Wildman–Crippen MR) is 81.7 cm³/mol. The van der Waals surface area contributed by atoms with E-state index in [1.165, 1.54) is 6.07 Å². The molecule has 0 aliphatic carbocycles. The Morgan fingerprint density at radius 1 is 1.33 bits per heavy atom. The lowest BCUT2D eigenvalue weighted by Gasteiger charge is -2.29. The molecule has 3 rings (SSSR count). The quantitative estimate of drug-likeness (QED) is 0.870. The number of hydrogen-bond acceptors (Lipinski definition) is 5. The van der Waals surface area contributed by atoms with Crippen molar-refractivity contribution in [3.63, 3.8) is 0 Å². The van der Waals surface area contributed by atoms with E-state index < -0.39 is 0 Å². The molecule has 4 nitrogen and oxygen atoms in total. The van der Waals surface area contributed by atoms with Crippen LogP contribution in [-0.2, 0) is 0 Å². The smallest absolute Gasteiger partial charge is 0.244 e. The minimum atomic E-state index is -0.250. The molecule has 0 saturated carbocycles. The zero-order valence-electron chi connectivity index (χ0n) is 12.2. The fraction of sp³-hybridized carbons (Fsp3) is 0.467. The molecule has 1 atom stereocenters. The first kappa shape index (κ1) is 14.5. The standard InChI is InChI=1S/C15H18FN3OS/c1-10-3-4-12(9-13(10)16)14-17-15(20-18-14)11(2)19-5-7-21-8-6-19/h3-4,9,11H,5-8H2,1-2H3/t11-/m1/s1. The molecule has 112 valence electrons. The third kappa shape index (κ3) is 3.11. The van der Waals surface area contributed by atoms with E-state index >= 15 is 0 Å². The van der Waals surface area contributed by atoms with Crippen LogP contribution in [0.2, 0.25) is 0 Å². The van der Waals surface area contributed by atoms with Crippen molar-refractivity contribution >= 4 is 11.8 Å². The molecule has 0 amide bonds. The molecule has 0 spiro atoms. The van der Waals surface area contributed by atoms with E-state index in [0.717, 1.165) is 24.6 Å². The van der Waals surface area contributed by atoms with Crippen LogP contribution in [-0.4, -0.2) is 39.6 Å². The van der Waals surface area contributed by atoms with Crippen molar-refractivity contribution in [3.8, 4) is 11.4 Å². The van der Waals surface area contributed by atoms with Crippen molar-refractivity contribution in [1.82, 2.24) is 15.0 Å². The van der Waals surface area contributed by atoms with Gasteiger partial charge in [-0.15, -0.1) is 0 Å². The lowest BCUT2D eigenvalue weighted by molar-refractivity contribution is 0.189. The molecule has 0 N–H and O–H groups in total. The van der Waals surface area contributed by atoms with Gasteiger partial charge in [0.05, 0.1) is 6.04 Å². The Morgan fingerprint density at radius 3 is 2.81 bits per heavy atom. The molecule has 1 saturated heterocycles. The highest BCUT2D eigenvalue weighted by Gasteiger charge is 2.23. The van der Waals surface area contributed by atoms with E-state index in [4.69, 9.17) is 4.52 Å². The van der Waals surface area contributed by atoms with E-state index in [0.29, 0.717) is 22.8 Å². The molecule has 2 aromatic rings. The Bertz CT molecular complexity index is 625. The number of rotatable bonds is 3. The number of aryl methyl sites for hydroxylation is 1. The van der Waals surface area contributed by atoms with Crippen molar-refractivity contribution in [2.24, 2.45) is 0 Å². The molecular formula is C15H18FN3OS. The number of benzene rings is 1. The summed E-state index contributed by atoms with van der Waals surface area (Å²) in [5.41, 5.74) is 1.26. The molecule has 0 bridgehead atoms. The van der Waals surface area contributed by atoms with Gasteiger partial charge in [0, 0.05) is 30.2 Å². The van der Waals surface area contributed by atoms with Crippen molar-refractivity contribution in [2.75, 3.05) is 24.6 Å². The zero-order chi connectivity index (χ0) is 14.8. The maximum absolute atomic E-state index is 13.6. The van der Waals surface area contributed by atoms with Crippen LogP contribution in [0.4, 0.5) is 4.39 Å². The highest BCUT2D eigenvalue weighted by molar-refractivity contribution is 7.99. The summed E-state index contributed by atoms with van der Waals surface area (Å²) in [5, 5.41) is 3.99. The average Bonchev–Trinajstić information content (AvgIpc) is 3.00. The molecule has 1 aromatic heterocycles. The number of aromatic nitrogens is 2. The molecule has 6 heteroatoms. The number of nitrogens with zero attached hydrogens (tertiary/aromatic N) is 3. The summed E-state index contributed by atoms with van der Waals surface area (Å²) in [6.45, 7) is 5.87. The molecule has 21 heavy (non-hydrogen) atoms. The number of thioether (sulfide) groups is 1. The van der Waals surface area contributed by atoms with Gasteiger partial charge in [-0.3, -0.25) is 4.90 Å². The second kappa shape index (κ2) is 6.15. The molecule has 1 aliphatic heterocycles. The average molecular weight is 307 g/mol. The van der Waals surface area contributed by atoms with Gasteiger partial charge < -0.3 is 4.52 Å². The summed E-state index contributed by atoms with van der Waals surface area (Å²) >= 11 is 1.97. The van der Waals surface area contributed by atoms with Gasteiger partial charge in [0.1, 0.15) is 5.82 Å². The Balaban J connectivity index is 1.80. The maximum Gasteiger partial charge on any atom is 0.244 e. The second-order valence-corrected chi connectivity index (χ2v) is 6.47. The molecule has 1 aromatic carbocycles. The third-order valence-corrected chi connectivity index (χ3v) is 4.77. The Hall–Kier alpha value is -1.40. The molecule has 0 unspecified atom stereocenters. The third-order valence-electron chi connectivity index (χ3n) is 3.82. The molecule has 2 heterocycles. The Morgan fingerprint density at radius 2 is 2.10 bits per heavy atom. The first-order valence-corrected chi connectivity index (χ1v) is 8.22. The SMILES string of the molecule is Cc1ccc(-c2noc([C@@H](C)N3CCSCC3)n2)cc1F. The van der Waals surface area contributed by atoms with E-state index in [1.54, 1.807) is 13.0 Å². The van der Waals surface area contributed by atoms with Gasteiger partial charge in [-0.25, -0.2) is 4.39 Å². The Labute approximate surface area is 127 Å². The summed E-state index contributed by atoms with van der Waals surface area (Å²) in [7, 11) is 0. The lowest BCUT2D eigenvalue weighted by atomic mass is 10.1. The zero-order valence-corrected chi connectivity index (χ0v) is 13.0. The topological polar surface area (TPSA) is 42.2 Å². The van der Waals surface area contributed by atoms with Crippen LogP contribution in [0.25, 0.3) is 11.4 Å². The van der Waals surface area contributed by atoms with Crippen molar-refractivity contribution in [3.05, 3.63) is 35.5 Å². The largest absolute Gasteiger partial charge is 0.337 e. The minimum absolute atomic E-state index is 0.0995. The first-order valence-electron chi connectivity index (χ1n) is 7.07. The normalized spacial score (nSPS) is 17.9. The molecular weight excluding hydrogens is 289 g/mol. The second-order valence-electron chi connectivity index (χ2n) is 5.24. The maximum atomic E-state index is 13.6. The van der Waals surface area contributed by atoms with Gasteiger partial charge >= 0.3 is 0 Å². The van der Waals surface area contributed by atoms with E-state index in [9.17, 15) is 4.39 Å². The van der Waals surface area contributed by atoms with Crippen molar-refractivity contribution in [2.45, 2.75) is 19.9 Å². The van der Waals surface area contributed by atoms with Crippen LogP contribution in [0.1, 0.15) is 24.4 Å². The van der Waals surface area contributed by atoms with E-state index in [2.05, 4.69) is 22.0 Å². The van der Waals surface area contributed by atoms with Crippen LogP contribution in [0, 0.1) is 12.7 Å². The van der Waals surface area contributed by atoms with Crippen molar-refractivity contribution < 1.29 is 8.91 Å². The van der Waals surface area contributed by atoms with Gasteiger partial charge in [-0.05, 0) is 25.5 Å². The summed E-state index contributed by atoms with van der Waals surface area (Å²) in [5.74, 6) is 3.06. The highest BCUT2D eigenvalue weighted by Crippen LogP contribution is 2.25. The number of halogens is 1. The van der Waals surface area contributed by atoms with Gasteiger partial charge in [0.15, 0.2) is 0 Å². The van der Waals surface area contributed by atoms with Crippen LogP contribution < -0.4 is 0 Å². The molecule has 0 radical (unpaired) electrons. The summed E-state index contributed by atoms with van der Waals surface area (Å²) < 4.78 is 19.0. The highest BCUT2D eigenvalue weighted by atomic mass is 32.2. The van der Waals surface area contributed by atoms with Gasteiger partial charge in [0.2, 0.25) is 11.7 Å². The first-order chi connectivity index (χ1) is 10.1. The monoisotopic (exact) mass is 307 g/mol. The van der Waals surface area contributed by atoms with Crippen LogP contribution >= 0.6 is 11.8 Å². The lowest BCUT2D eigenvalue weighted by Crippen LogP contribution is -2.34. The molecule has 1 aliphatic rings. The van der Waals surface area contributed by atoms with Gasteiger partial charge in [0.25, 0.3) is 0 Å². The number of hydrogen-bond donors (Lipinski definition) is 0. The van der Waals surface area contributed by atoms with Crippen LogP contribution in [0.5, 0.6) is 0 Å². The summed E-state index contributed by atoms with van der Waals surface area (Å²) in [6, 6.07) is 5.09. The predicted octanol–water partition coefficient (Wildman–Crippen LogP) is 3.29. The van der Waals surface area contributed by atoms with E-state index in [1.807, 2.05) is 17.8 Å².